The van der Waals surface area contributed by atoms with E-state index in [1.165, 1.54) is 4.90 Å². The molecule has 0 bridgehead atoms. The van der Waals surface area contributed by atoms with E-state index in [1.54, 1.807) is 18.2 Å². The number of aliphatic hydroxyl groups excluding tert-OH is 1. The maximum absolute atomic E-state index is 13.2. The lowest BCUT2D eigenvalue weighted by Gasteiger charge is -2.23. The van der Waals surface area contributed by atoms with Gasteiger partial charge in [-0.05, 0) is 67.6 Å². The molecule has 31 heavy (non-hydrogen) atoms. The fourth-order valence-corrected chi connectivity index (χ4v) is 4.30. The monoisotopic (exact) mass is 414 g/mol. The number of nitrogens with one attached hydrogen (secondary N) is 1. The first-order chi connectivity index (χ1) is 14.9. The molecule has 1 unspecified atom stereocenters. The molecule has 3 aromatic carbocycles. The zero-order valence-corrected chi connectivity index (χ0v) is 17.3. The van der Waals surface area contributed by atoms with E-state index in [0.29, 0.717) is 34.7 Å². The van der Waals surface area contributed by atoms with Crippen molar-refractivity contribution < 1.29 is 19.4 Å². The number of benzene rings is 3. The lowest BCUT2D eigenvalue weighted by molar-refractivity contribution is 0.0925. The number of amides is 2. The van der Waals surface area contributed by atoms with Crippen molar-refractivity contribution >= 4 is 23.2 Å². The zero-order valence-electron chi connectivity index (χ0n) is 17.3. The molecule has 2 heterocycles. The molecule has 6 nitrogen and oxygen atoms in total. The Bertz CT molecular complexity index is 1210. The maximum Gasteiger partial charge on any atom is 0.266 e. The van der Waals surface area contributed by atoms with Crippen LogP contribution in [0.2, 0.25) is 0 Å². The van der Waals surface area contributed by atoms with Crippen LogP contribution in [0, 0.1) is 13.8 Å². The lowest BCUT2D eigenvalue weighted by atomic mass is 10.0. The number of imide groups is 1. The van der Waals surface area contributed by atoms with Gasteiger partial charge in [0.15, 0.2) is 0 Å². The third-order valence-electron chi connectivity index (χ3n) is 5.85. The second kappa shape index (κ2) is 7.25. The Morgan fingerprint density at radius 2 is 1.61 bits per heavy atom. The number of nitrogens with zero attached hydrogens (tertiary/aromatic N) is 1. The summed E-state index contributed by atoms with van der Waals surface area (Å²) in [4.78, 5) is 27.4. The quantitative estimate of drug-likeness (QED) is 0.614. The highest BCUT2D eigenvalue weighted by molar-refractivity contribution is 6.35. The van der Waals surface area contributed by atoms with Gasteiger partial charge in [-0.25, -0.2) is 4.90 Å². The van der Waals surface area contributed by atoms with Gasteiger partial charge >= 0.3 is 0 Å². The molecule has 5 rings (SSSR count). The summed E-state index contributed by atoms with van der Waals surface area (Å²) in [7, 11) is 0. The summed E-state index contributed by atoms with van der Waals surface area (Å²) in [6.07, 6.45) is 0.903. The highest BCUT2D eigenvalue weighted by Gasteiger charge is 2.38. The number of rotatable bonds is 3. The maximum atomic E-state index is 13.2. The summed E-state index contributed by atoms with van der Waals surface area (Å²) >= 11 is 0. The van der Waals surface area contributed by atoms with Crippen molar-refractivity contribution in [2.45, 2.75) is 32.9 Å². The van der Waals surface area contributed by atoms with Crippen LogP contribution >= 0.6 is 0 Å². The van der Waals surface area contributed by atoms with Gasteiger partial charge in [-0.1, -0.05) is 24.3 Å². The molecule has 0 saturated heterocycles. The van der Waals surface area contributed by atoms with E-state index in [2.05, 4.69) is 5.32 Å². The second-order valence-electron chi connectivity index (χ2n) is 8.01. The van der Waals surface area contributed by atoms with Gasteiger partial charge in [-0.3, -0.25) is 9.59 Å². The summed E-state index contributed by atoms with van der Waals surface area (Å²) in [5, 5.41) is 12.9. The smallest absolute Gasteiger partial charge is 0.266 e. The molecule has 0 fully saturated rings. The van der Waals surface area contributed by atoms with E-state index in [4.69, 9.17) is 4.74 Å². The number of para-hydroxylation sites is 1. The molecule has 1 atom stereocenters. The third-order valence-corrected chi connectivity index (χ3v) is 5.85. The van der Waals surface area contributed by atoms with Gasteiger partial charge in [0.2, 0.25) is 0 Å². The Morgan fingerprint density at radius 1 is 0.935 bits per heavy atom. The van der Waals surface area contributed by atoms with Gasteiger partial charge in [0.25, 0.3) is 11.8 Å². The number of ether oxygens (including phenoxy) is 1. The van der Waals surface area contributed by atoms with Crippen LogP contribution in [-0.4, -0.2) is 23.1 Å². The van der Waals surface area contributed by atoms with Crippen LogP contribution in [-0.2, 0) is 6.42 Å². The standard InChI is InChI=1S/C25H22N2O4/c1-14-4-3-5-15(2)23(14)27-24(29)19-10-9-17(12-20(19)25(27)30)31-18-8-6-16-7-11-22(28)26-21(16)13-18/h3-6,8-10,12-13,22,26,28H,7,11H2,1-2H3. The highest BCUT2D eigenvalue weighted by Crippen LogP contribution is 2.36. The number of hydrogen-bond acceptors (Lipinski definition) is 5. The Balaban J connectivity index is 1.45. The topological polar surface area (TPSA) is 78.9 Å². The fourth-order valence-electron chi connectivity index (χ4n) is 4.30. The van der Waals surface area contributed by atoms with Crippen molar-refractivity contribution in [3.63, 3.8) is 0 Å². The van der Waals surface area contributed by atoms with Crippen LogP contribution in [0.1, 0.15) is 43.8 Å². The first-order valence-electron chi connectivity index (χ1n) is 10.3. The third kappa shape index (κ3) is 3.25. The summed E-state index contributed by atoms with van der Waals surface area (Å²) in [6, 6.07) is 16.3. The summed E-state index contributed by atoms with van der Waals surface area (Å²) < 4.78 is 5.97. The minimum Gasteiger partial charge on any atom is -0.457 e. The van der Waals surface area contributed by atoms with E-state index < -0.39 is 6.23 Å². The van der Waals surface area contributed by atoms with Crippen LogP contribution < -0.4 is 15.0 Å². The van der Waals surface area contributed by atoms with Crippen molar-refractivity contribution in [2.24, 2.45) is 0 Å². The fraction of sp³-hybridized carbons (Fsp3) is 0.200. The van der Waals surface area contributed by atoms with Crippen LogP contribution in [0.25, 0.3) is 0 Å². The molecule has 3 aromatic rings. The lowest BCUT2D eigenvalue weighted by Crippen LogP contribution is -2.30. The van der Waals surface area contributed by atoms with Gasteiger partial charge in [-0.15, -0.1) is 0 Å². The first-order valence-corrected chi connectivity index (χ1v) is 10.3. The van der Waals surface area contributed by atoms with Crippen LogP contribution in [0.15, 0.2) is 54.6 Å². The predicted octanol–water partition coefficient (Wildman–Crippen LogP) is 4.57. The molecule has 0 radical (unpaired) electrons. The Kier molecular flexibility index (Phi) is 4.52. The van der Waals surface area contributed by atoms with Gasteiger partial charge in [0.05, 0.1) is 16.8 Å². The van der Waals surface area contributed by atoms with Crippen LogP contribution in [0.3, 0.4) is 0 Å². The van der Waals surface area contributed by atoms with Gasteiger partial charge < -0.3 is 15.2 Å². The largest absolute Gasteiger partial charge is 0.457 e. The minimum absolute atomic E-state index is 0.323. The highest BCUT2D eigenvalue weighted by atomic mass is 16.5. The molecule has 2 aliphatic heterocycles. The number of carbonyl (C=O) groups is 2. The second-order valence-corrected chi connectivity index (χ2v) is 8.01. The Hall–Kier alpha value is -3.64. The van der Waals surface area contributed by atoms with Crippen molar-refractivity contribution in [3.8, 4) is 11.5 Å². The molecule has 2 aliphatic rings. The number of carbonyl (C=O) groups excluding carboxylic acids is 2. The van der Waals surface area contributed by atoms with E-state index in [1.807, 2.05) is 50.2 Å². The molecule has 2 amide bonds. The van der Waals surface area contributed by atoms with Crippen molar-refractivity contribution in [2.75, 3.05) is 10.2 Å². The van der Waals surface area contributed by atoms with Gasteiger partial charge in [0.1, 0.15) is 17.7 Å². The van der Waals surface area contributed by atoms with Crippen LogP contribution in [0.4, 0.5) is 11.4 Å². The molecule has 0 saturated carbocycles. The summed E-state index contributed by atoms with van der Waals surface area (Å²) in [5.41, 5.74) is 5.04. The summed E-state index contributed by atoms with van der Waals surface area (Å²) in [6.45, 7) is 3.78. The average molecular weight is 414 g/mol. The molecule has 0 aromatic heterocycles. The zero-order chi connectivity index (χ0) is 21.7. The first kappa shape index (κ1) is 19.3. The molecular formula is C25H22N2O4. The molecular weight excluding hydrogens is 392 g/mol. The number of hydrogen-bond donors (Lipinski definition) is 2. The number of fused-ring (bicyclic) bond motifs is 2. The van der Waals surface area contributed by atoms with E-state index >= 15 is 0 Å². The van der Waals surface area contributed by atoms with E-state index in [9.17, 15) is 14.7 Å². The predicted molar refractivity (Wildman–Crippen MR) is 118 cm³/mol. The van der Waals surface area contributed by atoms with Crippen molar-refractivity contribution in [3.05, 3.63) is 82.4 Å². The van der Waals surface area contributed by atoms with Crippen LogP contribution in [0.5, 0.6) is 11.5 Å². The SMILES string of the molecule is Cc1cccc(C)c1N1C(=O)c2ccc(Oc3ccc4c(c3)NC(O)CC4)cc2C1=O. The molecule has 156 valence electrons. The number of aryl methyl sites for hydroxylation is 3. The van der Waals surface area contributed by atoms with Gasteiger partial charge in [0, 0.05) is 11.8 Å². The molecule has 0 aliphatic carbocycles. The number of anilines is 2. The minimum atomic E-state index is -0.567. The average Bonchev–Trinajstić information content (AvgIpc) is 2.98. The van der Waals surface area contributed by atoms with E-state index in [0.717, 1.165) is 28.8 Å². The molecule has 2 N–H and O–H groups in total. The molecule has 0 spiro atoms. The van der Waals surface area contributed by atoms with Gasteiger partial charge in [-0.2, -0.15) is 0 Å². The Labute approximate surface area is 180 Å². The summed E-state index contributed by atoms with van der Waals surface area (Å²) in [5.74, 6) is 0.386. The van der Waals surface area contributed by atoms with Crippen molar-refractivity contribution in [1.29, 1.82) is 0 Å². The Morgan fingerprint density at radius 3 is 2.39 bits per heavy atom. The van der Waals surface area contributed by atoms with E-state index in [-0.39, 0.29) is 11.8 Å². The molecule has 6 heteroatoms. The van der Waals surface area contributed by atoms with Crippen molar-refractivity contribution in [1.82, 2.24) is 0 Å². The normalized spacial score (nSPS) is 17.3. The number of aliphatic hydroxyl groups is 1.